The molecular formula is C52H54N2O10. The second-order valence-corrected chi connectivity index (χ2v) is 20.6. The first kappa shape index (κ1) is 39.8. The van der Waals surface area contributed by atoms with Crippen LogP contribution in [0.3, 0.4) is 0 Å². The lowest BCUT2D eigenvalue weighted by atomic mass is 9.40. The number of aliphatic hydroxyl groups excluding tert-OH is 3. The van der Waals surface area contributed by atoms with Gasteiger partial charge in [0, 0.05) is 41.5 Å². The number of hydrogen-bond donors (Lipinski definition) is 8. The molecule has 1 aromatic heterocycles. The Morgan fingerprint density at radius 1 is 0.953 bits per heavy atom. The molecule has 14 rings (SSSR count). The fourth-order valence-corrected chi connectivity index (χ4v) is 16.4. The summed E-state index contributed by atoms with van der Waals surface area (Å²) in [4.78, 5) is 18.4. The summed E-state index contributed by atoms with van der Waals surface area (Å²) >= 11 is 0. The van der Waals surface area contributed by atoms with Crippen LogP contribution in [0.1, 0.15) is 74.1 Å². The van der Waals surface area contributed by atoms with Gasteiger partial charge in [-0.25, -0.2) is 4.79 Å². The molecule has 4 saturated carbocycles. The maximum atomic E-state index is 15.1. The van der Waals surface area contributed by atoms with Gasteiger partial charge in [-0.2, -0.15) is 0 Å². The normalized spacial score (nSPS) is 42.2. The summed E-state index contributed by atoms with van der Waals surface area (Å²) < 4.78 is 20.3. The fourth-order valence-electron chi connectivity index (χ4n) is 16.4. The van der Waals surface area contributed by atoms with Crippen molar-refractivity contribution in [2.75, 3.05) is 13.6 Å². The quantitative estimate of drug-likeness (QED) is 0.0673. The van der Waals surface area contributed by atoms with Crippen molar-refractivity contribution in [2.45, 2.75) is 111 Å². The number of aromatic nitrogens is 1. The van der Waals surface area contributed by atoms with Gasteiger partial charge < -0.3 is 55.2 Å². The van der Waals surface area contributed by atoms with Crippen molar-refractivity contribution in [3.8, 4) is 23.3 Å². The highest BCUT2D eigenvalue weighted by Gasteiger charge is 2.84. The van der Waals surface area contributed by atoms with Crippen LogP contribution in [0.15, 0.2) is 66.7 Å². The number of aromatic amines is 1. The van der Waals surface area contributed by atoms with Gasteiger partial charge in [-0.3, -0.25) is 0 Å². The predicted molar refractivity (Wildman–Crippen MR) is 235 cm³/mol. The van der Waals surface area contributed by atoms with E-state index < -0.39 is 77.1 Å². The van der Waals surface area contributed by atoms with Crippen LogP contribution in [-0.4, -0.2) is 97.1 Å². The van der Waals surface area contributed by atoms with Gasteiger partial charge in [0.05, 0.1) is 35.4 Å². The van der Waals surface area contributed by atoms with Crippen molar-refractivity contribution in [1.82, 2.24) is 10.3 Å². The van der Waals surface area contributed by atoms with Crippen molar-refractivity contribution in [2.24, 2.45) is 40.9 Å². The first-order valence-corrected chi connectivity index (χ1v) is 23.4. The highest BCUT2D eigenvalue weighted by Crippen LogP contribution is 2.78. The molecule has 16 atom stereocenters. The SMILES string of the molecule is CNCC1C2CC#CC3CC4CCC5CCC(C1O)(C1OC6C(C(=O)Oc7c(CO)[nH]c8ccc9cc%10ccccc%10cc9c78)OC7(O)C(O)CCC(C21)C67O)C54c1ccc(O)cc13. The molecule has 332 valence electrons. The van der Waals surface area contributed by atoms with Gasteiger partial charge in [0.2, 0.25) is 5.79 Å². The van der Waals surface area contributed by atoms with Gasteiger partial charge in [-0.15, -0.1) is 5.92 Å². The molecule has 5 aromatic rings. The van der Waals surface area contributed by atoms with Crippen LogP contribution in [0.5, 0.6) is 11.5 Å². The Hall–Kier alpha value is -4.55. The Morgan fingerprint density at radius 2 is 1.77 bits per heavy atom. The van der Waals surface area contributed by atoms with Crippen LogP contribution in [-0.2, 0) is 26.3 Å². The third-order valence-corrected chi connectivity index (χ3v) is 18.5. The van der Waals surface area contributed by atoms with Gasteiger partial charge >= 0.3 is 5.97 Å². The Kier molecular flexibility index (Phi) is 8.40. The third-order valence-electron chi connectivity index (χ3n) is 18.5. The molecule has 0 radical (unpaired) electrons. The number of carbonyl (C=O) groups is 1. The largest absolute Gasteiger partial charge is 0.508 e. The number of esters is 1. The van der Waals surface area contributed by atoms with Crippen molar-refractivity contribution in [3.05, 3.63) is 83.6 Å². The number of fused-ring (bicyclic) bond motifs is 7. The Morgan fingerprint density at radius 3 is 2.58 bits per heavy atom. The average Bonchev–Trinajstić information content (AvgIpc) is 4.01. The molecule has 16 unspecified atom stereocenters. The molecule has 2 aliphatic heterocycles. The fraction of sp³-hybridized carbons (Fsp3) is 0.519. The number of carbonyl (C=O) groups excluding carboxylic acids is 1. The van der Waals surface area contributed by atoms with Gasteiger partial charge in [-0.05, 0) is 139 Å². The predicted octanol–water partition coefficient (Wildman–Crippen LogP) is 5.02. The molecule has 64 heavy (non-hydrogen) atoms. The number of aromatic hydroxyl groups is 1. The second-order valence-electron chi connectivity index (χ2n) is 20.6. The molecule has 2 saturated heterocycles. The van der Waals surface area contributed by atoms with E-state index >= 15 is 4.79 Å². The Balaban J connectivity index is 0.993. The van der Waals surface area contributed by atoms with Crippen LogP contribution in [0.2, 0.25) is 0 Å². The van der Waals surface area contributed by atoms with E-state index in [-0.39, 0.29) is 53.2 Å². The number of benzene rings is 4. The van der Waals surface area contributed by atoms with Crippen LogP contribution >= 0.6 is 0 Å². The van der Waals surface area contributed by atoms with Crippen molar-refractivity contribution in [1.29, 1.82) is 0 Å². The lowest BCUT2D eigenvalue weighted by Crippen LogP contribution is -2.79. The molecule has 9 aliphatic rings. The molecule has 7 aliphatic carbocycles. The van der Waals surface area contributed by atoms with E-state index in [0.717, 1.165) is 58.4 Å². The number of ether oxygens (including phenoxy) is 3. The lowest BCUT2D eigenvalue weighted by molar-refractivity contribution is -0.377. The van der Waals surface area contributed by atoms with Crippen LogP contribution in [0.25, 0.3) is 32.4 Å². The zero-order valence-corrected chi connectivity index (χ0v) is 35.7. The summed E-state index contributed by atoms with van der Waals surface area (Å²) in [6.07, 6.45) is -1.30. The Labute approximate surface area is 369 Å². The maximum absolute atomic E-state index is 15.1. The summed E-state index contributed by atoms with van der Waals surface area (Å²) in [5.74, 6) is 2.47. The number of phenolic OH excluding ortho intramolecular Hbond substituents is 1. The summed E-state index contributed by atoms with van der Waals surface area (Å²) in [7, 11) is 1.89. The van der Waals surface area contributed by atoms with Crippen molar-refractivity contribution < 1.29 is 49.6 Å². The smallest absolute Gasteiger partial charge is 0.343 e. The minimum Gasteiger partial charge on any atom is -0.508 e. The van der Waals surface area contributed by atoms with Gasteiger partial charge in [0.25, 0.3) is 0 Å². The minimum absolute atomic E-state index is 0.0929. The van der Waals surface area contributed by atoms with Crippen molar-refractivity contribution >= 4 is 38.4 Å². The van der Waals surface area contributed by atoms with E-state index in [0.29, 0.717) is 36.7 Å². The van der Waals surface area contributed by atoms with Crippen molar-refractivity contribution in [3.63, 3.8) is 0 Å². The van der Waals surface area contributed by atoms with E-state index in [1.807, 2.05) is 55.6 Å². The topological polar surface area (TPSA) is 194 Å². The number of aliphatic hydroxyl groups is 5. The molecule has 8 N–H and O–H groups in total. The first-order valence-electron chi connectivity index (χ1n) is 23.4. The molecule has 0 amide bonds. The summed E-state index contributed by atoms with van der Waals surface area (Å²) in [5.41, 5.74) is -0.711. The molecule has 12 nitrogen and oxygen atoms in total. The molecule has 4 aromatic carbocycles. The number of hydrogen-bond acceptors (Lipinski definition) is 11. The van der Waals surface area contributed by atoms with E-state index in [2.05, 4.69) is 34.3 Å². The van der Waals surface area contributed by atoms with Crippen LogP contribution in [0.4, 0.5) is 0 Å². The van der Waals surface area contributed by atoms with Gasteiger partial charge in [0.15, 0.2) is 17.5 Å². The number of rotatable bonds is 5. The van der Waals surface area contributed by atoms with Gasteiger partial charge in [0.1, 0.15) is 18.0 Å². The maximum Gasteiger partial charge on any atom is 0.343 e. The number of nitrogens with one attached hydrogen (secondary N) is 2. The zero-order chi connectivity index (χ0) is 43.7. The van der Waals surface area contributed by atoms with E-state index in [4.69, 9.17) is 14.2 Å². The van der Waals surface area contributed by atoms with E-state index in [9.17, 15) is 30.6 Å². The summed E-state index contributed by atoms with van der Waals surface area (Å²) in [6, 6.07) is 21.6. The van der Waals surface area contributed by atoms with E-state index in [1.54, 1.807) is 6.07 Å². The standard InChI is InChI=1S/C52H54N2O10/c1-53-23-35-32-8-4-7-27-20-30-11-10-29-17-18-49(45(35)58,50(29,30)36-13-12-31(56)22-33(27)36)46-41(32)37-14-16-40(57)52(61)51(37,60)47(63-46)44(64-52)48(59)62-43-39(24-55)54-38-15-9-28-19-25-5-2-3-6-26(25)21-34(28)42(38)43/h2-3,5-6,9,12-13,15,19,21-22,27,29-30,32,35,37,40-41,44-47,53-58,60-61H,8,10-11,14,16-18,20,23-24H2,1H3. The molecule has 4 bridgehead atoms. The molecule has 2 spiro atoms. The monoisotopic (exact) mass is 866 g/mol. The highest BCUT2D eigenvalue weighted by molar-refractivity contribution is 6.14. The number of H-pyrrole nitrogens is 1. The van der Waals surface area contributed by atoms with Crippen LogP contribution < -0.4 is 10.1 Å². The molecule has 12 heteroatoms. The molecular weight excluding hydrogens is 813 g/mol. The summed E-state index contributed by atoms with van der Waals surface area (Å²) in [5, 5.41) is 80.8. The number of phenols is 1. The van der Waals surface area contributed by atoms with E-state index in [1.165, 1.54) is 0 Å². The van der Waals surface area contributed by atoms with Crippen LogP contribution in [0, 0.1) is 52.8 Å². The first-order chi connectivity index (χ1) is 31.0. The molecule has 6 fully saturated rings. The lowest BCUT2D eigenvalue weighted by Gasteiger charge is -2.69. The Bertz CT molecular complexity index is 2870. The second kappa shape index (κ2) is 13.5. The molecule has 3 heterocycles. The minimum atomic E-state index is -2.60. The zero-order valence-electron chi connectivity index (χ0n) is 35.7. The highest BCUT2D eigenvalue weighted by atomic mass is 16.7. The third kappa shape index (κ3) is 4.65. The average molecular weight is 867 g/mol. The summed E-state index contributed by atoms with van der Waals surface area (Å²) in [6.45, 7) is 0.0181. The van der Waals surface area contributed by atoms with Gasteiger partial charge in [-0.1, -0.05) is 42.3 Å².